The molecule has 20 heavy (non-hydrogen) atoms. The summed E-state index contributed by atoms with van der Waals surface area (Å²) in [5, 5.41) is 5.47. The summed E-state index contributed by atoms with van der Waals surface area (Å²) in [7, 11) is 1.58. The van der Waals surface area contributed by atoms with E-state index in [-0.39, 0.29) is 11.8 Å². The van der Waals surface area contributed by atoms with E-state index in [9.17, 15) is 9.59 Å². The Morgan fingerprint density at radius 1 is 1.25 bits per heavy atom. The van der Waals surface area contributed by atoms with Crippen molar-refractivity contribution >= 4 is 29.1 Å². The van der Waals surface area contributed by atoms with E-state index in [0.717, 1.165) is 0 Å². The SMILES string of the molecule is COCCNC(=O)c1ccc(NC(=O)CCCCl)cc1. The van der Waals surface area contributed by atoms with Crippen molar-refractivity contribution in [3.05, 3.63) is 29.8 Å². The van der Waals surface area contributed by atoms with Crippen LogP contribution in [0.25, 0.3) is 0 Å². The summed E-state index contributed by atoms with van der Waals surface area (Å²) in [6, 6.07) is 6.73. The highest BCUT2D eigenvalue weighted by molar-refractivity contribution is 6.18. The Hall–Kier alpha value is -1.59. The molecule has 5 nitrogen and oxygen atoms in total. The molecule has 2 N–H and O–H groups in total. The van der Waals surface area contributed by atoms with E-state index in [1.807, 2.05) is 0 Å². The zero-order valence-electron chi connectivity index (χ0n) is 11.4. The number of anilines is 1. The van der Waals surface area contributed by atoms with Crippen molar-refractivity contribution in [3.63, 3.8) is 0 Å². The average molecular weight is 299 g/mol. The summed E-state index contributed by atoms with van der Waals surface area (Å²) in [5.74, 6) is 0.221. The van der Waals surface area contributed by atoms with Gasteiger partial charge < -0.3 is 15.4 Å². The summed E-state index contributed by atoms with van der Waals surface area (Å²) in [4.78, 5) is 23.2. The molecular weight excluding hydrogens is 280 g/mol. The van der Waals surface area contributed by atoms with E-state index in [4.69, 9.17) is 16.3 Å². The normalized spacial score (nSPS) is 10.1. The molecule has 0 fully saturated rings. The number of halogens is 1. The van der Waals surface area contributed by atoms with Gasteiger partial charge in [-0.3, -0.25) is 9.59 Å². The second-order valence-electron chi connectivity index (χ2n) is 4.17. The summed E-state index contributed by atoms with van der Waals surface area (Å²) in [5.41, 5.74) is 1.21. The number of hydrogen-bond donors (Lipinski definition) is 2. The van der Waals surface area contributed by atoms with Gasteiger partial charge in [0.25, 0.3) is 5.91 Å². The van der Waals surface area contributed by atoms with E-state index >= 15 is 0 Å². The van der Waals surface area contributed by atoms with Crippen LogP contribution < -0.4 is 10.6 Å². The van der Waals surface area contributed by atoms with Crippen molar-refractivity contribution in [1.82, 2.24) is 5.32 Å². The van der Waals surface area contributed by atoms with Crippen LogP contribution in [0.4, 0.5) is 5.69 Å². The zero-order chi connectivity index (χ0) is 14.8. The number of amides is 2. The van der Waals surface area contributed by atoms with Crippen molar-refractivity contribution < 1.29 is 14.3 Å². The molecule has 0 aliphatic carbocycles. The van der Waals surface area contributed by atoms with Gasteiger partial charge in [0.15, 0.2) is 0 Å². The van der Waals surface area contributed by atoms with Gasteiger partial charge in [-0.1, -0.05) is 0 Å². The number of benzene rings is 1. The van der Waals surface area contributed by atoms with E-state index in [1.165, 1.54) is 0 Å². The Labute approximate surface area is 123 Å². The molecule has 0 bridgehead atoms. The smallest absolute Gasteiger partial charge is 0.251 e. The Kier molecular flexibility index (Phi) is 7.69. The molecule has 1 aromatic carbocycles. The molecule has 6 heteroatoms. The first-order valence-corrected chi connectivity index (χ1v) is 6.94. The van der Waals surface area contributed by atoms with E-state index < -0.39 is 0 Å². The minimum atomic E-state index is -0.165. The topological polar surface area (TPSA) is 67.4 Å². The van der Waals surface area contributed by atoms with Crippen LogP contribution in [0.3, 0.4) is 0 Å². The molecule has 110 valence electrons. The third kappa shape index (κ3) is 6.04. The standard InChI is InChI=1S/C14H19ClN2O3/c1-20-10-9-16-14(19)11-4-6-12(7-5-11)17-13(18)3-2-8-15/h4-7H,2-3,8-10H2,1H3,(H,16,19)(H,17,18). The minimum Gasteiger partial charge on any atom is -0.383 e. The molecule has 0 atom stereocenters. The summed E-state index contributed by atoms with van der Waals surface area (Å²) >= 11 is 5.52. The lowest BCUT2D eigenvalue weighted by atomic mass is 10.2. The number of methoxy groups -OCH3 is 1. The van der Waals surface area contributed by atoms with Gasteiger partial charge in [-0.2, -0.15) is 0 Å². The van der Waals surface area contributed by atoms with Crippen LogP contribution in [0.15, 0.2) is 24.3 Å². The predicted molar refractivity (Wildman–Crippen MR) is 79.2 cm³/mol. The third-order valence-corrected chi connectivity index (χ3v) is 2.83. The highest BCUT2D eigenvalue weighted by atomic mass is 35.5. The largest absolute Gasteiger partial charge is 0.383 e. The highest BCUT2D eigenvalue weighted by Gasteiger charge is 2.06. The Bertz CT molecular complexity index is 435. The Morgan fingerprint density at radius 2 is 1.95 bits per heavy atom. The van der Waals surface area contributed by atoms with Gasteiger partial charge in [0, 0.05) is 37.2 Å². The monoisotopic (exact) mass is 298 g/mol. The van der Waals surface area contributed by atoms with Gasteiger partial charge in [0.2, 0.25) is 5.91 Å². The number of rotatable bonds is 8. The quantitative estimate of drug-likeness (QED) is 0.570. The first-order chi connectivity index (χ1) is 9.67. The molecule has 0 aliphatic rings. The highest BCUT2D eigenvalue weighted by Crippen LogP contribution is 2.10. The van der Waals surface area contributed by atoms with Gasteiger partial charge in [-0.05, 0) is 30.7 Å². The first-order valence-electron chi connectivity index (χ1n) is 6.40. The summed E-state index contributed by atoms with van der Waals surface area (Å²) in [6.07, 6.45) is 1.04. The van der Waals surface area contributed by atoms with Gasteiger partial charge in [0.05, 0.1) is 6.61 Å². The average Bonchev–Trinajstić information content (AvgIpc) is 2.46. The van der Waals surface area contributed by atoms with Crippen LogP contribution in [0.5, 0.6) is 0 Å². The van der Waals surface area contributed by atoms with Crippen molar-refractivity contribution in [2.75, 3.05) is 31.5 Å². The first kappa shape index (κ1) is 16.5. The van der Waals surface area contributed by atoms with Crippen molar-refractivity contribution in [1.29, 1.82) is 0 Å². The fourth-order valence-corrected chi connectivity index (χ4v) is 1.66. The second kappa shape index (κ2) is 9.34. The van der Waals surface area contributed by atoms with Crippen molar-refractivity contribution in [2.24, 2.45) is 0 Å². The van der Waals surface area contributed by atoms with Crippen LogP contribution >= 0.6 is 11.6 Å². The molecular formula is C14H19ClN2O3. The van der Waals surface area contributed by atoms with Crippen molar-refractivity contribution in [3.8, 4) is 0 Å². The van der Waals surface area contributed by atoms with Gasteiger partial charge >= 0.3 is 0 Å². The fourth-order valence-electron chi connectivity index (χ4n) is 1.52. The zero-order valence-corrected chi connectivity index (χ0v) is 12.2. The lowest BCUT2D eigenvalue weighted by molar-refractivity contribution is -0.116. The molecule has 1 aromatic rings. The van der Waals surface area contributed by atoms with E-state index in [0.29, 0.717) is 43.1 Å². The number of nitrogens with one attached hydrogen (secondary N) is 2. The van der Waals surface area contributed by atoms with Gasteiger partial charge in [-0.25, -0.2) is 0 Å². The summed E-state index contributed by atoms with van der Waals surface area (Å²) in [6.45, 7) is 0.937. The fraction of sp³-hybridized carbons (Fsp3) is 0.429. The van der Waals surface area contributed by atoms with Gasteiger partial charge in [0.1, 0.15) is 0 Å². The van der Waals surface area contributed by atoms with Crippen LogP contribution in [0.2, 0.25) is 0 Å². The number of alkyl halides is 1. The molecule has 0 aromatic heterocycles. The number of hydrogen-bond acceptors (Lipinski definition) is 3. The van der Waals surface area contributed by atoms with E-state index in [1.54, 1.807) is 31.4 Å². The van der Waals surface area contributed by atoms with E-state index in [2.05, 4.69) is 10.6 Å². The number of carbonyl (C=O) groups excluding carboxylic acids is 2. The third-order valence-electron chi connectivity index (χ3n) is 2.56. The maximum atomic E-state index is 11.7. The number of ether oxygens (including phenoxy) is 1. The van der Waals surface area contributed by atoms with Gasteiger partial charge in [-0.15, -0.1) is 11.6 Å². The minimum absolute atomic E-state index is 0.0806. The Balaban J connectivity index is 2.47. The Morgan fingerprint density at radius 3 is 2.55 bits per heavy atom. The van der Waals surface area contributed by atoms with Crippen LogP contribution in [0, 0.1) is 0 Å². The molecule has 0 aliphatic heterocycles. The molecule has 1 rings (SSSR count). The van der Waals surface area contributed by atoms with Crippen LogP contribution in [-0.2, 0) is 9.53 Å². The molecule has 0 radical (unpaired) electrons. The van der Waals surface area contributed by atoms with Crippen LogP contribution in [0.1, 0.15) is 23.2 Å². The maximum absolute atomic E-state index is 11.7. The molecule has 0 unspecified atom stereocenters. The molecule has 2 amide bonds. The predicted octanol–water partition coefficient (Wildman–Crippen LogP) is 2.02. The lowest BCUT2D eigenvalue weighted by Crippen LogP contribution is -2.26. The number of carbonyl (C=O) groups is 2. The van der Waals surface area contributed by atoms with Crippen molar-refractivity contribution in [2.45, 2.75) is 12.8 Å². The second-order valence-corrected chi connectivity index (χ2v) is 4.54. The lowest BCUT2D eigenvalue weighted by Gasteiger charge is -2.07. The molecule has 0 saturated heterocycles. The van der Waals surface area contributed by atoms with Crippen LogP contribution in [-0.4, -0.2) is 38.0 Å². The summed E-state index contributed by atoms with van der Waals surface area (Å²) < 4.78 is 4.85. The maximum Gasteiger partial charge on any atom is 0.251 e. The molecule has 0 heterocycles. The molecule has 0 saturated carbocycles. The molecule has 0 spiro atoms.